The number of carbonyl (C=O) groups is 3. The molecule has 1 aliphatic carbocycles. The Balaban J connectivity index is 1.33. The normalized spacial score (nSPS) is 13.4. The molecule has 0 heterocycles. The summed E-state index contributed by atoms with van der Waals surface area (Å²) in [5.41, 5.74) is 3.07. The number of carbonyl (C=O) groups excluding carboxylic acids is 3. The number of benzene rings is 4. The van der Waals surface area contributed by atoms with Gasteiger partial charge in [0.15, 0.2) is 11.6 Å². The van der Waals surface area contributed by atoms with Gasteiger partial charge in [-0.25, -0.2) is 0 Å². The number of ketones is 2. The predicted octanol–water partition coefficient (Wildman–Crippen LogP) is 9.44. The summed E-state index contributed by atoms with van der Waals surface area (Å²) in [5.74, 6) is 0.191. The molecule has 5 rings (SSSR count). The summed E-state index contributed by atoms with van der Waals surface area (Å²) in [6.45, 7) is 10.6. The Morgan fingerprint density at radius 1 is 0.738 bits per heavy atom. The van der Waals surface area contributed by atoms with E-state index in [1.54, 1.807) is 24.3 Å². The molecule has 1 unspecified atom stereocenters. The standard InChI is InChI=1S/C36H34O4S2/c1-22-12-16-25(17-13-22)41-29-10-6-8-27-32(29)34(38)28-9-7-11-30(33(28)35(27)39)42-26-18-14-24(15-19-26)40-31(37)20-23(2)21-36(3,4)5/h6-19,23H,20-21H2,1-5H3. The molecule has 0 saturated carbocycles. The highest BCUT2D eigenvalue weighted by molar-refractivity contribution is 7.99. The van der Waals surface area contributed by atoms with Crippen molar-refractivity contribution in [1.29, 1.82) is 0 Å². The summed E-state index contributed by atoms with van der Waals surface area (Å²) in [5, 5.41) is 0. The van der Waals surface area contributed by atoms with Crippen LogP contribution in [0.5, 0.6) is 5.75 Å². The molecule has 4 aromatic carbocycles. The quantitative estimate of drug-likeness (QED) is 0.132. The minimum atomic E-state index is -0.244. The van der Waals surface area contributed by atoms with Crippen LogP contribution < -0.4 is 4.74 Å². The zero-order valence-corrected chi connectivity index (χ0v) is 26.2. The van der Waals surface area contributed by atoms with E-state index in [-0.39, 0.29) is 28.9 Å². The van der Waals surface area contributed by atoms with E-state index in [2.05, 4.69) is 27.7 Å². The SMILES string of the molecule is Cc1ccc(Sc2cccc3c2C(=O)c2cccc(Sc4ccc(OC(=O)CC(C)CC(C)(C)C)cc4)c2C3=O)cc1. The number of hydrogen-bond acceptors (Lipinski definition) is 6. The highest BCUT2D eigenvalue weighted by atomic mass is 32.2. The Labute approximate surface area is 256 Å². The van der Waals surface area contributed by atoms with E-state index < -0.39 is 0 Å². The van der Waals surface area contributed by atoms with Gasteiger partial charge >= 0.3 is 5.97 Å². The summed E-state index contributed by atoms with van der Waals surface area (Å²) >= 11 is 2.91. The first-order valence-corrected chi connectivity index (χ1v) is 15.7. The molecule has 42 heavy (non-hydrogen) atoms. The number of fused-ring (bicyclic) bond motifs is 2. The molecule has 0 saturated heterocycles. The van der Waals surface area contributed by atoms with Crippen LogP contribution in [0.4, 0.5) is 0 Å². The minimum absolute atomic E-state index is 0.139. The van der Waals surface area contributed by atoms with Crippen LogP contribution >= 0.6 is 23.5 Å². The molecule has 1 atom stereocenters. The Kier molecular flexibility index (Phi) is 8.76. The second kappa shape index (κ2) is 12.3. The summed E-state index contributed by atoms with van der Waals surface area (Å²) in [4.78, 5) is 43.5. The van der Waals surface area contributed by atoms with Crippen molar-refractivity contribution in [2.24, 2.45) is 11.3 Å². The largest absolute Gasteiger partial charge is 0.427 e. The van der Waals surface area contributed by atoms with Crippen LogP contribution in [0, 0.1) is 18.3 Å². The van der Waals surface area contributed by atoms with Crippen molar-refractivity contribution in [2.45, 2.75) is 67.0 Å². The lowest BCUT2D eigenvalue weighted by atomic mass is 9.84. The number of ether oxygens (including phenoxy) is 1. The minimum Gasteiger partial charge on any atom is -0.427 e. The van der Waals surface area contributed by atoms with Gasteiger partial charge in [0.2, 0.25) is 0 Å². The van der Waals surface area contributed by atoms with Crippen LogP contribution in [0.3, 0.4) is 0 Å². The first kappa shape index (κ1) is 29.9. The van der Waals surface area contributed by atoms with Gasteiger partial charge in [-0.3, -0.25) is 14.4 Å². The van der Waals surface area contributed by atoms with Gasteiger partial charge < -0.3 is 4.74 Å². The Hall–Kier alpha value is -3.61. The summed E-state index contributed by atoms with van der Waals surface area (Å²) < 4.78 is 5.58. The lowest BCUT2D eigenvalue weighted by molar-refractivity contribution is -0.135. The summed E-state index contributed by atoms with van der Waals surface area (Å²) in [7, 11) is 0. The van der Waals surface area contributed by atoms with Crippen molar-refractivity contribution in [2.75, 3.05) is 0 Å². The molecule has 0 N–H and O–H groups in total. The van der Waals surface area contributed by atoms with E-state index in [1.807, 2.05) is 67.6 Å². The van der Waals surface area contributed by atoms with Crippen LogP contribution in [0.15, 0.2) is 105 Å². The third kappa shape index (κ3) is 6.88. The van der Waals surface area contributed by atoms with Crippen molar-refractivity contribution in [1.82, 2.24) is 0 Å². The van der Waals surface area contributed by atoms with Crippen LogP contribution in [-0.2, 0) is 4.79 Å². The predicted molar refractivity (Wildman–Crippen MR) is 169 cm³/mol. The van der Waals surface area contributed by atoms with Gasteiger partial charge in [-0.2, -0.15) is 0 Å². The van der Waals surface area contributed by atoms with Gasteiger partial charge in [-0.05, 0) is 73.2 Å². The number of hydrogen-bond donors (Lipinski definition) is 0. The maximum Gasteiger partial charge on any atom is 0.311 e. The number of esters is 1. The molecule has 0 aliphatic heterocycles. The molecule has 4 nitrogen and oxygen atoms in total. The Morgan fingerprint density at radius 2 is 1.21 bits per heavy atom. The van der Waals surface area contributed by atoms with Crippen molar-refractivity contribution >= 4 is 41.1 Å². The third-order valence-corrected chi connectivity index (χ3v) is 9.14. The molecule has 0 radical (unpaired) electrons. The fraction of sp³-hybridized carbons (Fsp3) is 0.250. The smallest absolute Gasteiger partial charge is 0.311 e. The third-order valence-electron chi connectivity index (χ3n) is 7.00. The van der Waals surface area contributed by atoms with Crippen LogP contribution in [0.25, 0.3) is 0 Å². The molecule has 4 aromatic rings. The van der Waals surface area contributed by atoms with Crippen molar-refractivity contribution in [3.63, 3.8) is 0 Å². The molecular weight excluding hydrogens is 561 g/mol. The van der Waals surface area contributed by atoms with Crippen molar-refractivity contribution in [3.8, 4) is 5.75 Å². The van der Waals surface area contributed by atoms with Crippen LogP contribution in [0.1, 0.15) is 77.9 Å². The van der Waals surface area contributed by atoms with Gasteiger partial charge in [0.1, 0.15) is 5.75 Å². The second-order valence-electron chi connectivity index (χ2n) is 12.1. The maximum atomic E-state index is 13.8. The fourth-order valence-electron chi connectivity index (χ4n) is 5.36. The van der Waals surface area contributed by atoms with E-state index in [0.717, 1.165) is 26.7 Å². The zero-order valence-electron chi connectivity index (χ0n) is 24.5. The lowest BCUT2D eigenvalue weighted by Gasteiger charge is -2.22. The summed E-state index contributed by atoms with van der Waals surface area (Å²) in [6, 6.07) is 26.3. The van der Waals surface area contributed by atoms with E-state index in [9.17, 15) is 14.4 Å². The molecule has 0 bridgehead atoms. The second-order valence-corrected chi connectivity index (χ2v) is 14.3. The van der Waals surface area contributed by atoms with Gasteiger partial charge in [-0.15, -0.1) is 0 Å². The molecule has 6 heteroatoms. The molecule has 0 aromatic heterocycles. The fourth-order valence-corrected chi connectivity index (χ4v) is 7.31. The average Bonchev–Trinajstić information content (AvgIpc) is 2.93. The molecule has 0 fully saturated rings. The van der Waals surface area contributed by atoms with Gasteiger partial charge in [0.05, 0.1) is 0 Å². The maximum absolute atomic E-state index is 13.8. The van der Waals surface area contributed by atoms with E-state index in [4.69, 9.17) is 4.74 Å². The highest BCUT2D eigenvalue weighted by Crippen LogP contribution is 2.41. The number of aryl methyl sites for hydroxylation is 1. The molecular formula is C36H34O4S2. The van der Waals surface area contributed by atoms with E-state index in [1.165, 1.54) is 23.5 Å². The molecule has 1 aliphatic rings. The highest BCUT2D eigenvalue weighted by Gasteiger charge is 2.33. The van der Waals surface area contributed by atoms with Crippen molar-refractivity contribution < 1.29 is 19.1 Å². The van der Waals surface area contributed by atoms with E-state index in [0.29, 0.717) is 39.3 Å². The monoisotopic (exact) mass is 594 g/mol. The van der Waals surface area contributed by atoms with Crippen LogP contribution in [-0.4, -0.2) is 17.5 Å². The molecule has 0 spiro atoms. The summed E-state index contributed by atoms with van der Waals surface area (Å²) in [6.07, 6.45) is 1.31. The Morgan fingerprint density at radius 3 is 1.69 bits per heavy atom. The first-order valence-electron chi connectivity index (χ1n) is 14.1. The van der Waals surface area contributed by atoms with Gasteiger partial charge in [-0.1, -0.05) is 93.2 Å². The number of rotatable bonds is 8. The zero-order chi connectivity index (χ0) is 30.0. The van der Waals surface area contributed by atoms with Crippen LogP contribution in [0.2, 0.25) is 0 Å². The average molecular weight is 595 g/mol. The topological polar surface area (TPSA) is 60.4 Å². The van der Waals surface area contributed by atoms with Gasteiger partial charge in [0, 0.05) is 48.3 Å². The molecule has 214 valence electrons. The van der Waals surface area contributed by atoms with Crippen molar-refractivity contribution in [3.05, 3.63) is 113 Å². The van der Waals surface area contributed by atoms with E-state index >= 15 is 0 Å². The Bertz CT molecular complexity index is 1650. The lowest BCUT2D eigenvalue weighted by Crippen LogP contribution is -2.22. The molecule has 0 amide bonds. The van der Waals surface area contributed by atoms with Gasteiger partial charge in [0.25, 0.3) is 0 Å². The first-order chi connectivity index (χ1) is 20.0.